The molecule has 100 valence electrons. The summed E-state index contributed by atoms with van der Waals surface area (Å²) >= 11 is 0. The molecule has 0 bridgehead atoms. The Morgan fingerprint density at radius 1 is 1.39 bits per heavy atom. The van der Waals surface area contributed by atoms with Gasteiger partial charge in [0.2, 0.25) is 0 Å². The van der Waals surface area contributed by atoms with Crippen molar-refractivity contribution in [2.24, 2.45) is 0 Å². The average molecular weight is 251 g/mol. The molecule has 4 heteroatoms. The molecule has 3 nitrogen and oxygen atoms in total. The van der Waals surface area contributed by atoms with E-state index in [9.17, 15) is 4.39 Å². The normalized spacial score (nSPS) is 21.3. The van der Waals surface area contributed by atoms with Gasteiger partial charge in [-0.2, -0.15) is 0 Å². The first-order chi connectivity index (χ1) is 8.61. The highest BCUT2D eigenvalue weighted by molar-refractivity contribution is 5.50. The topological polar surface area (TPSA) is 18.5 Å². The number of halogens is 1. The predicted octanol–water partition coefficient (Wildman–Crippen LogP) is 1.69. The smallest absolute Gasteiger partial charge is 0.146 e. The van der Waals surface area contributed by atoms with Crippen LogP contribution in [0.15, 0.2) is 18.2 Å². The molecule has 1 saturated heterocycles. The largest absolute Gasteiger partial charge is 0.364 e. The van der Waals surface area contributed by atoms with E-state index in [1.165, 1.54) is 0 Å². The van der Waals surface area contributed by atoms with Crippen molar-refractivity contribution in [3.8, 4) is 0 Å². The van der Waals surface area contributed by atoms with Crippen molar-refractivity contribution in [1.82, 2.24) is 10.2 Å². The van der Waals surface area contributed by atoms with Crippen LogP contribution in [-0.4, -0.2) is 44.7 Å². The number of rotatable bonds is 3. The highest BCUT2D eigenvalue weighted by Crippen LogP contribution is 2.24. The monoisotopic (exact) mass is 251 g/mol. The zero-order valence-electron chi connectivity index (χ0n) is 11.4. The molecule has 18 heavy (non-hydrogen) atoms. The Hall–Kier alpha value is -1.13. The standard InChI is InChI=1S/C14H22FN3/c1-11-10-17(3)6-7-18(11)14-5-4-12(9-16-2)8-13(14)15/h4-5,8,11,16H,6-7,9-10H2,1-3H3. The van der Waals surface area contributed by atoms with Crippen LogP contribution in [0.1, 0.15) is 12.5 Å². The maximum absolute atomic E-state index is 14.1. The van der Waals surface area contributed by atoms with E-state index in [1.54, 1.807) is 6.07 Å². The summed E-state index contributed by atoms with van der Waals surface area (Å²) in [6, 6.07) is 5.90. The molecule has 1 fully saturated rings. The lowest BCUT2D eigenvalue weighted by atomic mass is 10.1. The summed E-state index contributed by atoms with van der Waals surface area (Å²) in [7, 11) is 3.98. The quantitative estimate of drug-likeness (QED) is 0.882. The van der Waals surface area contributed by atoms with Gasteiger partial charge < -0.3 is 15.1 Å². The van der Waals surface area contributed by atoms with Crippen molar-refractivity contribution >= 4 is 5.69 Å². The van der Waals surface area contributed by atoms with Crippen molar-refractivity contribution in [3.05, 3.63) is 29.6 Å². The molecule has 1 aromatic rings. The second-order valence-electron chi connectivity index (χ2n) is 5.12. The first-order valence-corrected chi connectivity index (χ1v) is 6.50. The van der Waals surface area contributed by atoms with Gasteiger partial charge in [0.25, 0.3) is 0 Å². The first-order valence-electron chi connectivity index (χ1n) is 6.50. The van der Waals surface area contributed by atoms with Crippen LogP contribution in [0.3, 0.4) is 0 Å². The fourth-order valence-corrected chi connectivity index (χ4v) is 2.60. The zero-order chi connectivity index (χ0) is 13.1. The molecule has 0 aromatic heterocycles. The molecule has 1 aromatic carbocycles. The molecule has 2 rings (SSSR count). The summed E-state index contributed by atoms with van der Waals surface area (Å²) in [4.78, 5) is 4.45. The van der Waals surface area contributed by atoms with Crippen LogP contribution >= 0.6 is 0 Å². The van der Waals surface area contributed by atoms with Crippen molar-refractivity contribution in [1.29, 1.82) is 0 Å². The Morgan fingerprint density at radius 3 is 2.78 bits per heavy atom. The van der Waals surface area contributed by atoms with Gasteiger partial charge in [0.1, 0.15) is 5.82 Å². The Bertz CT molecular complexity index is 408. The Balaban J connectivity index is 2.17. The van der Waals surface area contributed by atoms with E-state index >= 15 is 0 Å². The maximum Gasteiger partial charge on any atom is 0.146 e. The lowest BCUT2D eigenvalue weighted by Crippen LogP contribution is -2.50. The molecular formula is C14H22FN3. The fraction of sp³-hybridized carbons (Fsp3) is 0.571. The number of benzene rings is 1. The minimum absolute atomic E-state index is 0.112. The van der Waals surface area contributed by atoms with Gasteiger partial charge in [-0.05, 0) is 38.7 Å². The summed E-state index contributed by atoms with van der Waals surface area (Å²) in [6.45, 7) is 5.71. The van der Waals surface area contributed by atoms with Crippen LogP contribution in [0.4, 0.5) is 10.1 Å². The molecule has 0 saturated carbocycles. The summed E-state index contributed by atoms with van der Waals surface area (Å²) in [5.41, 5.74) is 1.72. The van der Waals surface area contributed by atoms with Crippen molar-refractivity contribution in [2.75, 3.05) is 38.6 Å². The molecule has 1 aliphatic heterocycles. The molecule has 1 unspecified atom stereocenters. The molecule has 0 spiro atoms. The number of likely N-dealkylation sites (N-methyl/N-ethyl adjacent to an activating group) is 1. The lowest BCUT2D eigenvalue weighted by Gasteiger charge is -2.40. The second kappa shape index (κ2) is 5.67. The fourth-order valence-electron chi connectivity index (χ4n) is 2.60. The summed E-state index contributed by atoms with van der Waals surface area (Å²) in [5.74, 6) is -0.112. The molecule has 0 amide bonds. The minimum Gasteiger partial charge on any atom is -0.364 e. The van der Waals surface area contributed by atoms with Gasteiger partial charge in [0, 0.05) is 32.2 Å². The van der Waals surface area contributed by atoms with E-state index in [4.69, 9.17) is 0 Å². The van der Waals surface area contributed by atoms with E-state index in [2.05, 4.69) is 29.1 Å². The van der Waals surface area contributed by atoms with Crippen LogP contribution in [0, 0.1) is 5.82 Å². The molecule has 1 atom stereocenters. The highest BCUT2D eigenvalue weighted by atomic mass is 19.1. The van der Waals surface area contributed by atoms with Gasteiger partial charge in [0.05, 0.1) is 5.69 Å². The molecule has 1 N–H and O–H groups in total. The van der Waals surface area contributed by atoms with Gasteiger partial charge in [-0.15, -0.1) is 0 Å². The van der Waals surface area contributed by atoms with Gasteiger partial charge >= 0.3 is 0 Å². The summed E-state index contributed by atoms with van der Waals surface area (Å²) in [6.07, 6.45) is 0. The van der Waals surface area contributed by atoms with Gasteiger partial charge in [0.15, 0.2) is 0 Å². The number of piperazine rings is 1. The van der Waals surface area contributed by atoms with Gasteiger partial charge in [-0.3, -0.25) is 0 Å². The molecule has 1 aliphatic rings. The minimum atomic E-state index is -0.112. The van der Waals surface area contributed by atoms with Crippen LogP contribution in [0.2, 0.25) is 0 Å². The Kier molecular flexibility index (Phi) is 4.19. The number of nitrogens with one attached hydrogen (secondary N) is 1. The SMILES string of the molecule is CNCc1ccc(N2CCN(C)CC2C)c(F)c1. The first kappa shape index (κ1) is 13.3. The summed E-state index contributed by atoms with van der Waals surface area (Å²) in [5, 5.41) is 3.04. The molecule has 0 radical (unpaired) electrons. The maximum atomic E-state index is 14.1. The molecular weight excluding hydrogens is 229 g/mol. The second-order valence-corrected chi connectivity index (χ2v) is 5.12. The summed E-state index contributed by atoms with van der Waals surface area (Å²) < 4.78 is 14.1. The molecule has 1 heterocycles. The third-order valence-electron chi connectivity index (χ3n) is 3.53. The van der Waals surface area contributed by atoms with E-state index in [0.717, 1.165) is 30.9 Å². The van der Waals surface area contributed by atoms with Gasteiger partial charge in [-0.1, -0.05) is 6.07 Å². The van der Waals surface area contributed by atoms with Crippen molar-refractivity contribution in [2.45, 2.75) is 19.5 Å². The van der Waals surface area contributed by atoms with Gasteiger partial charge in [-0.25, -0.2) is 4.39 Å². The zero-order valence-corrected chi connectivity index (χ0v) is 11.4. The van der Waals surface area contributed by atoms with E-state index in [0.29, 0.717) is 12.6 Å². The number of hydrogen-bond donors (Lipinski definition) is 1. The van der Waals surface area contributed by atoms with E-state index < -0.39 is 0 Å². The number of nitrogens with zero attached hydrogens (tertiary/aromatic N) is 2. The van der Waals surface area contributed by atoms with Crippen molar-refractivity contribution < 1.29 is 4.39 Å². The van der Waals surface area contributed by atoms with Crippen LogP contribution < -0.4 is 10.2 Å². The molecule has 0 aliphatic carbocycles. The van der Waals surface area contributed by atoms with Crippen LogP contribution in [0.25, 0.3) is 0 Å². The van der Waals surface area contributed by atoms with Crippen molar-refractivity contribution in [3.63, 3.8) is 0 Å². The van der Waals surface area contributed by atoms with E-state index in [1.807, 2.05) is 19.2 Å². The average Bonchev–Trinajstić information content (AvgIpc) is 2.31. The van der Waals surface area contributed by atoms with Crippen LogP contribution in [-0.2, 0) is 6.54 Å². The third kappa shape index (κ3) is 2.82. The predicted molar refractivity (Wildman–Crippen MR) is 73.5 cm³/mol. The lowest BCUT2D eigenvalue weighted by molar-refractivity contribution is 0.274. The van der Waals surface area contributed by atoms with Crippen LogP contribution in [0.5, 0.6) is 0 Å². The highest BCUT2D eigenvalue weighted by Gasteiger charge is 2.23. The third-order valence-corrected chi connectivity index (χ3v) is 3.53. The Labute approximate surface area is 109 Å². The Morgan fingerprint density at radius 2 is 2.17 bits per heavy atom. The number of anilines is 1. The van der Waals surface area contributed by atoms with E-state index in [-0.39, 0.29) is 5.82 Å². The number of hydrogen-bond acceptors (Lipinski definition) is 3.